The summed E-state index contributed by atoms with van der Waals surface area (Å²) in [6.45, 7) is 2.27. The van der Waals surface area contributed by atoms with Crippen molar-refractivity contribution in [2.75, 3.05) is 12.3 Å². The summed E-state index contributed by atoms with van der Waals surface area (Å²) in [6, 6.07) is 20.5. The van der Waals surface area contributed by atoms with Gasteiger partial charge in [-0.05, 0) is 53.4 Å². The Kier molecular flexibility index (Phi) is 6.27. The smallest absolute Gasteiger partial charge is 0.220 e. The number of anilines is 1. The van der Waals surface area contributed by atoms with Crippen LogP contribution in [0.15, 0.2) is 66.7 Å². The Bertz CT molecular complexity index is 1180. The lowest BCUT2D eigenvalue weighted by molar-refractivity contribution is -0.121. The highest BCUT2D eigenvalue weighted by atomic mass is 35.5. The Morgan fingerprint density at radius 1 is 1.00 bits per heavy atom. The van der Waals surface area contributed by atoms with Gasteiger partial charge in [0.1, 0.15) is 6.29 Å². The first-order chi connectivity index (χ1) is 15.4. The molecule has 1 aliphatic rings. The zero-order valence-electron chi connectivity index (χ0n) is 17.6. The molecule has 0 radical (unpaired) electrons. The molecule has 4 nitrogen and oxygen atoms in total. The van der Waals surface area contributed by atoms with Crippen molar-refractivity contribution >= 4 is 41.1 Å². The van der Waals surface area contributed by atoms with Crippen molar-refractivity contribution in [1.82, 2.24) is 5.32 Å². The number of aldehydes is 1. The van der Waals surface area contributed by atoms with Gasteiger partial charge in [-0.25, -0.2) is 0 Å². The van der Waals surface area contributed by atoms with Gasteiger partial charge in [-0.1, -0.05) is 65.7 Å². The predicted molar refractivity (Wildman–Crippen MR) is 129 cm³/mol. The number of hydrogen-bond donors (Lipinski definition) is 2. The molecule has 3 atom stereocenters. The molecule has 164 valence electrons. The number of carbonyl (C=O) groups is 2. The van der Waals surface area contributed by atoms with Crippen LogP contribution in [0.2, 0.25) is 10.0 Å². The standard InChI is InChI=1S/C26H24Cl2N2O2/c1-16-5-2-3-8-20(16)22-13-25(32)30-14-23(17-6-4-7-18(27)11-17)26(22,15-31)21-10-9-19(28)12-24(21)29/h2-12,15,22-23H,13-14,29H2,1H3,(H,30,32)/t22-,23+,26+/m0/s1. The minimum atomic E-state index is -1.12. The molecule has 3 N–H and O–H groups in total. The van der Waals surface area contributed by atoms with Gasteiger partial charge in [-0.3, -0.25) is 4.79 Å². The first-order valence-corrected chi connectivity index (χ1v) is 11.2. The van der Waals surface area contributed by atoms with Crippen molar-refractivity contribution in [2.45, 2.75) is 30.6 Å². The topological polar surface area (TPSA) is 72.2 Å². The highest BCUT2D eigenvalue weighted by Gasteiger charge is 2.51. The van der Waals surface area contributed by atoms with Gasteiger partial charge in [0.25, 0.3) is 0 Å². The van der Waals surface area contributed by atoms with E-state index in [-0.39, 0.29) is 18.9 Å². The average Bonchev–Trinajstić information content (AvgIpc) is 2.91. The van der Waals surface area contributed by atoms with Gasteiger partial charge in [0.15, 0.2) is 0 Å². The maximum atomic E-state index is 13.3. The predicted octanol–water partition coefficient (Wildman–Crippen LogP) is 5.41. The summed E-state index contributed by atoms with van der Waals surface area (Å²) >= 11 is 12.5. The number of aryl methyl sites for hydroxylation is 1. The second-order valence-corrected chi connectivity index (χ2v) is 9.18. The Balaban J connectivity index is 2.07. The van der Waals surface area contributed by atoms with Gasteiger partial charge in [-0.2, -0.15) is 0 Å². The monoisotopic (exact) mass is 466 g/mol. The van der Waals surface area contributed by atoms with E-state index in [1.807, 2.05) is 55.5 Å². The fourth-order valence-electron chi connectivity index (χ4n) is 5.05. The zero-order chi connectivity index (χ0) is 22.9. The summed E-state index contributed by atoms with van der Waals surface area (Å²) in [5, 5.41) is 4.07. The summed E-state index contributed by atoms with van der Waals surface area (Å²) < 4.78 is 0. The van der Waals surface area contributed by atoms with Gasteiger partial charge in [0.05, 0.1) is 5.41 Å². The summed E-state index contributed by atoms with van der Waals surface area (Å²) in [4.78, 5) is 26.2. The normalized spacial score (nSPS) is 23.3. The fraction of sp³-hybridized carbons (Fsp3) is 0.231. The second kappa shape index (κ2) is 8.97. The highest BCUT2D eigenvalue weighted by molar-refractivity contribution is 6.31. The van der Waals surface area contributed by atoms with E-state index in [4.69, 9.17) is 28.9 Å². The maximum Gasteiger partial charge on any atom is 0.220 e. The molecule has 4 rings (SSSR count). The highest BCUT2D eigenvalue weighted by Crippen LogP contribution is 2.52. The van der Waals surface area contributed by atoms with Crippen molar-refractivity contribution in [3.63, 3.8) is 0 Å². The van der Waals surface area contributed by atoms with E-state index in [0.717, 1.165) is 23.0 Å². The minimum Gasteiger partial charge on any atom is -0.398 e. The van der Waals surface area contributed by atoms with Crippen LogP contribution in [0.25, 0.3) is 0 Å². The Hall–Kier alpha value is -2.82. The molecule has 0 saturated carbocycles. The van der Waals surface area contributed by atoms with E-state index in [0.29, 0.717) is 21.3 Å². The van der Waals surface area contributed by atoms with Crippen molar-refractivity contribution < 1.29 is 9.59 Å². The first kappa shape index (κ1) is 22.4. The molecule has 0 aromatic heterocycles. The van der Waals surface area contributed by atoms with Crippen molar-refractivity contribution in [3.8, 4) is 0 Å². The molecule has 1 heterocycles. The van der Waals surface area contributed by atoms with Gasteiger partial charge in [0.2, 0.25) is 5.91 Å². The Labute approximate surface area is 197 Å². The molecule has 1 aliphatic heterocycles. The van der Waals surface area contributed by atoms with Gasteiger partial charge in [0, 0.05) is 40.5 Å². The summed E-state index contributed by atoms with van der Waals surface area (Å²) in [5.74, 6) is -0.934. The van der Waals surface area contributed by atoms with Gasteiger partial charge < -0.3 is 15.8 Å². The number of rotatable bonds is 4. The van der Waals surface area contributed by atoms with E-state index in [1.54, 1.807) is 18.2 Å². The van der Waals surface area contributed by atoms with E-state index in [1.165, 1.54) is 0 Å². The maximum absolute atomic E-state index is 13.3. The van der Waals surface area contributed by atoms with Crippen LogP contribution >= 0.6 is 23.2 Å². The van der Waals surface area contributed by atoms with Crippen LogP contribution in [0.4, 0.5) is 5.69 Å². The number of carbonyl (C=O) groups excluding carboxylic acids is 2. The lowest BCUT2D eigenvalue weighted by atomic mass is 9.58. The van der Waals surface area contributed by atoms with Gasteiger partial charge in [-0.15, -0.1) is 0 Å². The fourth-order valence-corrected chi connectivity index (χ4v) is 5.43. The van der Waals surface area contributed by atoms with E-state index < -0.39 is 17.3 Å². The molecule has 0 bridgehead atoms. The quantitative estimate of drug-likeness (QED) is 0.398. The summed E-state index contributed by atoms with van der Waals surface area (Å²) in [5.41, 5.74) is 9.25. The van der Waals surface area contributed by atoms with Crippen LogP contribution in [0.3, 0.4) is 0 Å². The van der Waals surface area contributed by atoms with Crippen LogP contribution in [0, 0.1) is 6.92 Å². The third kappa shape index (κ3) is 3.89. The molecule has 1 saturated heterocycles. The molecular weight excluding hydrogens is 443 g/mol. The molecular formula is C26H24Cl2N2O2. The Morgan fingerprint density at radius 2 is 1.75 bits per heavy atom. The molecule has 0 aliphatic carbocycles. The zero-order valence-corrected chi connectivity index (χ0v) is 19.2. The molecule has 6 heteroatoms. The number of hydrogen-bond acceptors (Lipinski definition) is 3. The molecule has 1 fully saturated rings. The minimum absolute atomic E-state index is 0.110. The largest absolute Gasteiger partial charge is 0.398 e. The first-order valence-electron chi connectivity index (χ1n) is 10.5. The summed E-state index contributed by atoms with van der Waals surface area (Å²) in [6.07, 6.45) is 1.12. The number of nitrogens with one attached hydrogen (secondary N) is 1. The Morgan fingerprint density at radius 3 is 2.44 bits per heavy atom. The molecule has 0 unspecified atom stereocenters. The van der Waals surface area contributed by atoms with Gasteiger partial charge >= 0.3 is 0 Å². The van der Waals surface area contributed by atoms with E-state index >= 15 is 0 Å². The van der Waals surface area contributed by atoms with Crippen LogP contribution in [-0.4, -0.2) is 18.7 Å². The number of nitrogen functional groups attached to an aromatic ring is 1. The SMILES string of the molecule is Cc1ccccc1[C@@H]1CC(=O)NC[C@H](c2cccc(Cl)c2)[C@]1(C=O)c1ccc(Cl)cc1N. The van der Waals surface area contributed by atoms with Crippen molar-refractivity contribution in [3.05, 3.63) is 99.0 Å². The van der Waals surface area contributed by atoms with Crippen LogP contribution in [0.1, 0.15) is 40.5 Å². The molecule has 1 amide bonds. The van der Waals surface area contributed by atoms with Crippen LogP contribution in [-0.2, 0) is 15.0 Å². The number of nitrogens with two attached hydrogens (primary N) is 1. The molecule has 3 aromatic carbocycles. The lowest BCUT2D eigenvalue weighted by Crippen LogP contribution is -2.43. The molecule has 3 aromatic rings. The van der Waals surface area contributed by atoms with E-state index in [2.05, 4.69) is 5.32 Å². The van der Waals surface area contributed by atoms with Crippen LogP contribution < -0.4 is 11.1 Å². The average molecular weight is 467 g/mol. The number of halogens is 2. The lowest BCUT2D eigenvalue weighted by Gasteiger charge is -2.42. The third-order valence-electron chi connectivity index (χ3n) is 6.54. The number of amides is 1. The van der Waals surface area contributed by atoms with Crippen molar-refractivity contribution in [2.24, 2.45) is 0 Å². The van der Waals surface area contributed by atoms with E-state index in [9.17, 15) is 9.59 Å². The van der Waals surface area contributed by atoms with Crippen LogP contribution in [0.5, 0.6) is 0 Å². The molecule has 0 spiro atoms. The summed E-state index contributed by atoms with van der Waals surface area (Å²) in [7, 11) is 0. The number of benzene rings is 3. The molecule has 32 heavy (non-hydrogen) atoms. The second-order valence-electron chi connectivity index (χ2n) is 8.31. The third-order valence-corrected chi connectivity index (χ3v) is 7.01. The van der Waals surface area contributed by atoms with Crippen molar-refractivity contribution in [1.29, 1.82) is 0 Å².